The minimum Gasteiger partial charge on any atom is -0.481 e. The van der Waals surface area contributed by atoms with E-state index in [1.807, 2.05) is 30.0 Å². The van der Waals surface area contributed by atoms with Crippen LogP contribution in [-0.4, -0.2) is 41.2 Å². The van der Waals surface area contributed by atoms with Crippen molar-refractivity contribution in [3.05, 3.63) is 29.8 Å². The molecular formula is C15H18N2O3S. The minimum absolute atomic E-state index is 0.178. The number of nitrogens with zero attached hydrogens (tertiary/aromatic N) is 1. The Balaban J connectivity index is 1.76. The molecule has 0 saturated carbocycles. The van der Waals surface area contributed by atoms with E-state index in [9.17, 15) is 14.7 Å². The molecule has 21 heavy (non-hydrogen) atoms. The van der Waals surface area contributed by atoms with Gasteiger partial charge in [0.2, 0.25) is 0 Å². The van der Waals surface area contributed by atoms with E-state index in [-0.39, 0.29) is 18.6 Å². The van der Waals surface area contributed by atoms with Crippen molar-refractivity contribution in [1.82, 2.24) is 5.32 Å². The van der Waals surface area contributed by atoms with E-state index < -0.39 is 11.9 Å². The standard InChI is InChI=1S/C15H18N2O3S/c18-14(19)12-9-17(13-4-2-1-3-11(12)13)15(20)16-10-5-7-21-8-6-10/h1-4,10,12H,5-9H2,(H,16,20)(H,18,19). The quantitative estimate of drug-likeness (QED) is 0.879. The molecule has 2 aliphatic rings. The van der Waals surface area contributed by atoms with Gasteiger partial charge in [-0.25, -0.2) is 4.79 Å². The lowest BCUT2D eigenvalue weighted by atomic mass is 10.0. The van der Waals surface area contributed by atoms with E-state index in [0.29, 0.717) is 5.69 Å². The molecular weight excluding hydrogens is 288 g/mol. The summed E-state index contributed by atoms with van der Waals surface area (Å²) >= 11 is 1.91. The number of benzene rings is 1. The summed E-state index contributed by atoms with van der Waals surface area (Å²) in [6.45, 7) is 0.210. The Kier molecular flexibility index (Phi) is 4.05. The Morgan fingerprint density at radius 2 is 1.95 bits per heavy atom. The molecule has 2 heterocycles. The van der Waals surface area contributed by atoms with Crippen molar-refractivity contribution in [3.8, 4) is 0 Å². The molecule has 0 bridgehead atoms. The van der Waals surface area contributed by atoms with Crippen molar-refractivity contribution in [3.63, 3.8) is 0 Å². The van der Waals surface area contributed by atoms with Crippen LogP contribution in [0.2, 0.25) is 0 Å². The van der Waals surface area contributed by atoms with Crippen molar-refractivity contribution >= 4 is 29.4 Å². The Morgan fingerprint density at radius 1 is 1.24 bits per heavy atom. The predicted molar refractivity (Wildman–Crippen MR) is 83.0 cm³/mol. The Bertz CT molecular complexity index is 558. The highest BCUT2D eigenvalue weighted by atomic mass is 32.2. The number of hydrogen-bond donors (Lipinski definition) is 2. The van der Waals surface area contributed by atoms with Gasteiger partial charge in [-0.05, 0) is 36.0 Å². The van der Waals surface area contributed by atoms with Crippen molar-refractivity contribution in [2.75, 3.05) is 23.0 Å². The van der Waals surface area contributed by atoms with Gasteiger partial charge in [-0.2, -0.15) is 11.8 Å². The summed E-state index contributed by atoms with van der Waals surface area (Å²) in [6, 6.07) is 7.28. The number of carbonyl (C=O) groups excluding carboxylic acids is 1. The highest BCUT2D eigenvalue weighted by molar-refractivity contribution is 7.99. The van der Waals surface area contributed by atoms with Crippen LogP contribution in [0, 0.1) is 0 Å². The third-order valence-electron chi connectivity index (χ3n) is 4.06. The highest BCUT2D eigenvalue weighted by Gasteiger charge is 2.36. The SMILES string of the molecule is O=C(O)C1CN(C(=O)NC2CCSCC2)c2ccccc21. The van der Waals surface area contributed by atoms with E-state index in [0.717, 1.165) is 29.9 Å². The van der Waals surface area contributed by atoms with Crippen LogP contribution < -0.4 is 10.2 Å². The van der Waals surface area contributed by atoms with Crippen LogP contribution in [0.4, 0.5) is 10.5 Å². The summed E-state index contributed by atoms with van der Waals surface area (Å²) in [4.78, 5) is 25.4. The number of aliphatic carboxylic acids is 1. The fourth-order valence-corrected chi connectivity index (χ4v) is 4.01. The normalized spacial score (nSPS) is 21.9. The van der Waals surface area contributed by atoms with Crippen LogP contribution in [0.5, 0.6) is 0 Å². The second kappa shape index (κ2) is 5.97. The predicted octanol–water partition coefficient (Wildman–Crippen LogP) is 2.28. The van der Waals surface area contributed by atoms with Crippen molar-refractivity contribution < 1.29 is 14.7 Å². The van der Waals surface area contributed by atoms with Gasteiger partial charge in [-0.1, -0.05) is 18.2 Å². The van der Waals surface area contributed by atoms with Crippen LogP contribution in [0.25, 0.3) is 0 Å². The number of thioether (sulfide) groups is 1. The fourth-order valence-electron chi connectivity index (χ4n) is 2.91. The minimum atomic E-state index is -0.883. The van der Waals surface area contributed by atoms with Gasteiger partial charge in [0.1, 0.15) is 5.92 Å². The summed E-state index contributed by atoms with van der Waals surface area (Å²) in [5.41, 5.74) is 1.44. The maximum absolute atomic E-state index is 12.5. The van der Waals surface area contributed by atoms with Crippen molar-refractivity contribution in [2.45, 2.75) is 24.8 Å². The summed E-state index contributed by atoms with van der Waals surface area (Å²) in [6.07, 6.45) is 1.96. The zero-order valence-corrected chi connectivity index (χ0v) is 12.4. The monoisotopic (exact) mass is 306 g/mol. The van der Waals surface area contributed by atoms with Crippen molar-refractivity contribution in [1.29, 1.82) is 0 Å². The second-order valence-electron chi connectivity index (χ2n) is 5.40. The Morgan fingerprint density at radius 3 is 2.67 bits per heavy atom. The topological polar surface area (TPSA) is 69.6 Å². The molecule has 2 N–H and O–H groups in total. The first kappa shape index (κ1) is 14.3. The Labute approximate surface area is 127 Å². The molecule has 1 saturated heterocycles. The van der Waals surface area contributed by atoms with Crippen LogP contribution >= 0.6 is 11.8 Å². The van der Waals surface area contributed by atoms with Gasteiger partial charge in [0.05, 0.1) is 0 Å². The largest absolute Gasteiger partial charge is 0.481 e. The maximum Gasteiger partial charge on any atom is 0.322 e. The molecule has 1 unspecified atom stereocenters. The number of amides is 2. The zero-order chi connectivity index (χ0) is 14.8. The van der Waals surface area contributed by atoms with E-state index in [2.05, 4.69) is 5.32 Å². The molecule has 3 rings (SSSR count). The molecule has 2 amide bonds. The van der Waals surface area contributed by atoms with Gasteiger partial charge in [0.25, 0.3) is 0 Å². The van der Waals surface area contributed by atoms with Gasteiger partial charge >= 0.3 is 12.0 Å². The number of fused-ring (bicyclic) bond motifs is 1. The highest BCUT2D eigenvalue weighted by Crippen LogP contribution is 2.36. The van der Waals surface area contributed by atoms with Gasteiger partial charge in [-0.15, -0.1) is 0 Å². The number of carboxylic acid groups (broad SMARTS) is 1. The van der Waals surface area contributed by atoms with E-state index in [1.165, 1.54) is 0 Å². The first-order chi connectivity index (χ1) is 10.2. The first-order valence-electron chi connectivity index (χ1n) is 7.14. The molecule has 6 heteroatoms. The third-order valence-corrected chi connectivity index (χ3v) is 5.11. The average Bonchev–Trinajstić information content (AvgIpc) is 2.88. The van der Waals surface area contributed by atoms with Crippen LogP contribution in [0.1, 0.15) is 24.3 Å². The smallest absolute Gasteiger partial charge is 0.322 e. The summed E-state index contributed by atoms with van der Waals surface area (Å²) in [5, 5.41) is 12.4. The molecule has 112 valence electrons. The van der Waals surface area contributed by atoms with Gasteiger partial charge in [0.15, 0.2) is 0 Å². The summed E-state index contributed by atoms with van der Waals surface area (Å²) in [7, 11) is 0. The molecule has 0 aromatic heterocycles. The van der Waals surface area contributed by atoms with E-state index in [4.69, 9.17) is 0 Å². The lowest BCUT2D eigenvalue weighted by Crippen LogP contribution is -2.46. The van der Waals surface area contributed by atoms with Crippen LogP contribution in [-0.2, 0) is 4.79 Å². The maximum atomic E-state index is 12.5. The lowest BCUT2D eigenvalue weighted by Gasteiger charge is -2.26. The number of nitrogens with one attached hydrogen (secondary N) is 1. The number of hydrogen-bond acceptors (Lipinski definition) is 3. The lowest BCUT2D eigenvalue weighted by molar-refractivity contribution is -0.138. The molecule has 1 atom stereocenters. The zero-order valence-electron chi connectivity index (χ0n) is 11.6. The van der Waals surface area contributed by atoms with Gasteiger partial charge < -0.3 is 10.4 Å². The molecule has 1 aromatic rings. The summed E-state index contributed by atoms with van der Waals surface area (Å²) in [5.74, 6) is 0.624. The number of carbonyl (C=O) groups is 2. The average molecular weight is 306 g/mol. The molecule has 5 nitrogen and oxygen atoms in total. The third kappa shape index (κ3) is 2.85. The van der Waals surface area contributed by atoms with Gasteiger partial charge in [0, 0.05) is 18.3 Å². The first-order valence-corrected chi connectivity index (χ1v) is 8.30. The van der Waals surface area contributed by atoms with Crippen LogP contribution in [0.3, 0.4) is 0 Å². The van der Waals surface area contributed by atoms with E-state index >= 15 is 0 Å². The van der Waals surface area contributed by atoms with Gasteiger partial charge in [-0.3, -0.25) is 9.69 Å². The molecule has 0 spiro atoms. The molecule has 0 radical (unpaired) electrons. The number of rotatable bonds is 2. The van der Waals surface area contributed by atoms with Crippen LogP contribution in [0.15, 0.2) is 24.3 Å². The van der Waals surface area contributed by atoms with Crippen molar-refractivity contribution in [2.24, 2.45) is 0 Å². The fraction of sp³-hybridized carbons (Fsp3) is 0.467. The molecule has 1 fully saturated rings. The number of urea groups is 1. The molecule has 1 aromatic carbocycles. The number of carboxylic acids is 1. The molecule has 0 aliphatic carbocycles. The second-order valence-corrected chi connectivity index (χ2v) is 6.62. The molecule has 2 aliphatic heterocycles. The summed E-state index contributed by atoms with van der Waals surface area (Å²) < 4.78 is 0. The number of anilines is 1. The number of para-hydroxylation sites is 1. The van der Waals surface area contributed by atoms with E-state index in [1.54, 1.807) is 11.0 Å². The Hall–Kier alpha value is -1.69.